The number of primary amides is 1. The molecular weight excluding hydrogens is 268 g/mol. The van der Waals surface area contributed by atoms with Crippen LogP contribution in [0.2, 0.25) is 0 Å². The molecule has 0 radical (unpaired) electrons. The van der Waals surface area contributed by atoms with E-state index in [9.17, 15) is 9.90 Å². The van der Waals surface area contributed by atoms with Crippen molar-refractivity contribution in [1.82, 2.24) is 0 Å². The molecule has 0 aliphatic carbocycles. The minimum absolute atomic E-state index is 0.315. The standard InChI is InChI=1S/C16H18N2O3/c1-21-14-7-3-4-11(9-14)15(19)10-18-13-6-2-5-12(8-13)16(17)20/h2-9,15,18-19H,10H2,1H3,(H2,17,20). The van der Waals surface area contributed by atoms with Gasteiger partial charge in [0.2, 0.25) is 5.91 Å². The number of nitrogens with two attached hydrogens (primary N) is 1. The van der Waals surface area contributed by atoms with Crippen LogP contribution in [0.3, 0.4) is 0 Å². The number of nitrogens with one attached hydrogen (secondary N) is 1. The van der Waals surface area contributed by atoms with Crippen LogP contribution in [0.4, 0.5) is 5.69 Å². The molecule has 4 N–H and O–H groups in total. The van der Waals surface area contributed by atoms with Gasteiger partial charge in [-0.25, -0.2) is 0 Å². The van der Waals surface area contributed by atoms with E-state index in [-0.39, 0.29) is 0 Å². The van der Waals surface area contributed by atoms with Gasteiger partial charge in [0.1, 0.15) is 5.75 Å². The summed E-state index contributed by atoms with van der Waals surface area (Å²) in [6.45, 7) is 0.315. The lowest BCUT2D eigenvalue weighted by Crippen LogP contribution is -2.14. The number of benzene rings is 2. The Hall–Kier alpha value is -2.53. The zero-order valence-electron chi connectivity index (χ0n) is 11.7. The third-order valence-corrected chi connectivity index (χ3v) is 3.13. The van der Waals surface area contributed by atoms with Gasteiger partial charge >= 0.3 is 0 Å². The van der Waals surface area contributed by atoms with Gasteiger partial charge in [0, 0.05) is 17.8 Å². The highest BCUT2D eigenvalue weighted by molar-refractivity contribution is 5.93. The molecule has 2 rings (SSSR count). The van der Waals surface area contributed by atoms with Gasteiger partial charge in [-0.05, 0) is 35.9 Å². The Morgan fingerprint density at radius 2 is 2.05 bits per heavy atom. The monoisotopic (exact) mass is 286 g/mol. The summed E-state index contributed by atoms with van der Waals surface area (Å²) < 4.78 is 5.13. The quantitative estimate of drug-likeness (QED) is 0.757. The number of ether oxygens (including phenoxy) is 1. The first-order valence-corrected chi connectivity index (χ1v) is 6.56. The second kappa shape index (κ2) is 6.76. The molecule has 0 spiro atoms. The Morgan fingerprint density at radius 3 is 2.76 bits per heavy atom. The van der Waals surface area contributed by atoms with Crippen LogP contribution in [0.15, 0.2) is 48.5 Å². The molecule has 0 aliphatic rings. The zero-order valence-corrected chi connectivity index (χ0v) is 11.7. The highest BCUT2D eigenvalue weighted by Gasteiger charge is 2.09. The van der Waals surface area contributed by atoms with Crippen LogP contribution in [0.25, 0.3) is 0 Å². The number of aliphatic hydroxyl groups excluding tert-OH is 1. The SMILES string of the molecule is COc1cccc(C(O)CNc2cccc(C(N)=O)c2)c1. The molecule has 1 amide bonds. The van der Waals surface area contributed by atoms with E-state index in [1.807, 2.05) is 24.3 Å². The van der Waals surface area contributed by atoms with Crippen LogP contribution in [0, 0.1) is 0 Å². The van der Waals surface area contributed by atoms with Gasteiger partial charge in [-0.15, -0.1) is 0 Å². The van der Waals surface area contributed by atoms with Crippen molar-refractivity contribution in [2.75, 3.05) is 19.0 Å². The average Bonchev–Trinajstić information content (AvgIpc) is 2.53. The molecular formula is C16H18N2O3. The van der Waals surface area contributed by atoms with Crippen molar-refractivity contribution >= 4 is 11.6 Å². The van der Waals surface area contributed by atoms with E-state index in [1.54, 1.807) is 31.4 Å². The molecule has 0 saturated heterocycles. The molecule has 110 valence electrons. The highest BCUT2D eigenvalue weighted by atomic mass is 16.5. The molecule has 0 heterocycles. The van der Waals surface area contributed by atoms with Crippen LogP contribution in [0.1, 0.15) is 22.0 Å². The van der Waals surface area contributed by atoms with Crippen molar-refractivity contribution in [3.63, 3.8) is 0 Å². The van der Waals surface area contributed by atoms with E-state index >= 15 is 0 Å². The lowest BCUT2D eigenvalue weighted by Gasteiger charge is -2.14. The van der Waals surface area contributed by atoms with Crippen LogP contribution >= 0.6 is 0 Å². The maximum absolute atomic E-state index is 11.1. The topological polar surface area (TPSA) is 84.6 Å². The Balaban J connectivity index is 2.01. The summed E-state index contributed by atoms with van der Waals surface area (Å²) in [6.07, 6.45) is -0.683. The van der Waals surface area contributed by atoms with Gasteiger partial charge in [-0.2, -0.15) is 0 Å². The summed E-state index contributed by atoms with van der Waals surface area (Å²) in [5.41, 5.74) is 7.15. The van der Waals surface area contributed by atoms with Crippen molar-refractivity contribution in [1.29, 1.82) is 0 Å². The maximum atomic E-state index is 11.1. The second-order valence-electron chi connectivity index (χ2n) is 4.62. The number of aliphatic hydroxyl groups is 1. The fraction of sp³-hybridized carbons (Fsp3) is 0.188. The number of hydrogen-bond acceptors (Lipinski definition) is 4. The molecule has 2 aromatic carbocycles. The lowest BCUT2D eigenvalue weighted by molar-refractivity contribution is 0.100. The predicted octanol–water partition coefficient (Wildman–Crippen LogP) is 1.94. The molecule has 0 aromatic heterocycles. The minimum Gasteiger partial charge on any atom is -0.497 e. The predicted molar refractivity (Wildman–Crippen MR) is 81.4 cm³/mol. The Morgan fingerprint density at radius 1 is 1.29 bits per heavy atom. The zero-order chi connectivity index (χ0) is 15.2. The largest absolute Gasteiger partial charge is 0.497 e. The van der Waals surface area contributed by atoms with E-state index in [2.05, 4.69) is 5.32 Å². The van der Waals surface area contributed by atoms with Gasteiger partial charge in [0.15, 0.2) is 0 Å². The normalized spacial score (nSPS) is 11.7. The average molecular weight is 286 g/mol. The summed E-state index contributed by atoms with van der Waals surface area (Å²) in [4.78, 5) is 11.1. The molecule has 2 aromatic rings. The Kier molecular flexibility index (Phi) is 4.79. The number of amides is 1. The van der Waals surface area contributed by atoms with Gasteiger partial charge in [-0.1, -0.05) is 18.2 Å². The molecule has 0 aliphatic heterocycles. The molecule has 0 saturated carbocycles. The van der Waals surface area contributed by atoms with E-state index < -0.39 is 12.0 Å². The van der Waals surface area contributed by atoms with Gasteiger partial charge in [0.25, 0.3) is 0 Å². The summed E-state index contributed by atoms with van der Waals surface area (Å²) in [5.74, 6) is 0.217. The van der Waals surface area contributed by atoms with Gasteiger partial charge < -0.3 is 20.9 Å². The summed E-state index contributed by atoms with van der Waals surface area (Å²) >= 11 is 0. The van der Waals surface area contributed by atoms with Crippen LogP contribution in [-0.2, 0) is 0 Å². The molecule has 5 heteroatoms. The molecule has 1 unspecified atom stereocenters. The third kappa shape index (κ3) is 3.97. The first-order valence-electron chi connectivity index (χ1n) is 6.56. The lowest BCUT2D eigenvalue weighted by atomic mass is 10.1. The van der Waals surface area contributed by atoms with E-state index in [0.717, 1.165) is 11.3 Å². The fourth-order valence-corrected chi connectivity index (χ4v) is 1.96. The Labute approximate surface area is 123 Å². The number of carbonyl (C=O) groups excluding carboxylic acids is 1. The number of methoxy groups -OCH3 is 1. The van der Waals surface area contributed by atoms with Crippen LogP contribution in [-0.4, -0.2) is 24.7 Å². The second-order valence-corrected chi connectivity index (χ2v) is 4.62. The fourth-order valence-electron chi connectivity index (χ4n) is 1.96. The van der Waals surface area contributed by atoms with Crippen molar-refractivity contribution in [2.45, 2.75) is 6.10 Å². The van der Waals surface area contributed by atoms with Gasteiger partial charge in [0.05, 0.1) is 13.2 Å². The van der Waals surface area contributed by atoms with E-state index in [0.29, 0.717) is 17.9 Å². The summed E-state index contributed by atoms with van der Waals surface area (Å²) in [5, 5.41) is 13.2. The molecule has 0 fully saturated rings. The first kappa shape index (κ1) is 14.9. The molecule has 5 nitrogen and oxygen atoms in total. The van der Waals surface area contributed by atoms with Crippen LogP contribution < -0.4 is 15.8 Å². The van der Waals surface area contributed by atoms with E-state index in [4.69, 9.17) is 10.5 Å². The van der Waals surface area contributed by atoms with Crippen LogP contribution in [0.5, 0.6) is 5.75 Å². The highest BCUT2D eigenvalue weighted by Crippen LogP contribution is 2.20. The Bertz CT molecular complexity index is 628. The van der Waals surface area contributed by atoms with E-state index in [1.165, 1.54) is 0 Å². The number of rotatable bonds is 6. The van der Waals surface area contributed by atoms with Crippen molar-refractivity contribution in [3.05, 3.63) is 59.7 Å². The third-order valence-electron chi connectivity index (χ3n) is 3.13. The van der Waals surface area contributed by atoms with Crippen molar-refractivity contribution < 1.29 is 14.6 Å². The summed E-state index contributed by atoms with van der Waals surface area (Å²) in [6, 6.07) is 14.1. The van der Waals surface area contributed by atoms with Gasteiger partial charge in [-0.3, -0.25) is 4.79 Å². The number of anilines is 1. The molecule has 1 atom stereocenters. The number of carbonyl (C=O) groups is 1. The molecule has 21 heavy (non-hydrogen) atoms. The van der Waals surface area contributed by atoms with Crippen molar-refractivity contribution in [2.24, 2.45) is 5.73 Å². The smallest absolute Gasteiger partial charge is 0.248 e. The minimum atomic E-state index is -0.683. The number of hydrogen-bond donors (Lipinski definition) is 3. The van der Waals surface area contributed by atoms with Crippen molar-refractivity contribution in [3.8, 4) is 5.75 Å². The summed E-state index contributed by atoms with van der Waals surface area (Å²) in [7, 11) is 1.58. The maximum Gasteiger partial charge on any atom is 0.248 e. The first-order chi connectivity index (χ1) is 10.1. The molecule has 0 bridgehead atoms.